The lowest BCUT2D eigenvalue weighted by Crippen LogP contribution is -2.51. The minimum absolute atomic E-state index is 0.0680. The molecule has 1 aliphatic carbocycles. The molecule has 102 valence electrons. The SMILES string of the molecule is O=C1NCC2CN(Cc3nc(C4CC4)no3)CCN12. The van der Waals surface area contributed by atoms with Crippen LogP contribution < -0.4 is 5.32 Å². The van der Waals surface area contributed by atoms with Crippen molar-refractivity contribution in [3.8, 4) is 0 Å². The highest BCUT2D eigenvalue weighted by molar-refractivity contribution is 5.77. The fourth-order valence-electron chi connectivity index (χ4n) is 2.84. The second-order valence-electron chi connectivity index (χ2n) is 5.59. The predicted molar refractivity (Wildman–Crippen MR) is 65.4 cm³/mol. The number of rotatable bonds is 3. The first-order chi connectivity index (χ1) is 9.29. The minimum atomic E-state index is 0.0680. The van der Waals surface area contributed by atoms with Crippen molar-refractivity contribution in [2.75, 3.05) is 26.2 Å². The van der Waals surface area contributed by atoms with Crippen LogP contribution in [-0.2, 0) is 6.54 Å². The standard InChI is InChI=1S/C12H17N5O2/c18-12-13-5-9-6-16(3-4-17(9)12)7-10-14-11(15-19-10)8-1-2-8/h8-9H,1-7H2,(H,13,18). The lowest BCUT2D eigenvalue weighted by molar-refractivity contribution is 0.108. The average molecular weight is 263 g/mol. The summed E-state index contributed by atoms with van der Waals surface area (Å²) < 4.78 is 5.30. The Morgan fingerprint density at radius 3 is 3.11 bits per heavy atom. The summed E-state index contributed by atoms with van der Waals surface area (Å²) in [6.45, 7) is 3.95. The molecule has 7 nitrogen and oxygen atoms in total. The van der Waals surface area contributed by atoms with Gasteiger partial charge < -0.3 is 14.7 Å². The third kappa shape index (κ3) is 2.07. The number of urea groups is 1. The van der Waals surface area contributed by atoms with Gasteiger partial charge in [0.2, 0.25) is 5.89 Å². The summed E-state index contributed by atoms with van der Waals surface area (Å²) in [5, 5.41) is 6.91. The van der Waals surface area contributed by atoms with Crippen LogP contribution in [0.1, 0.15) is 30.5 Å². The molecule has 2 aliphatic heterocycles. The minimum Gasteiger partial charge on any atom is -0.338 e. The molecule has 2 amide bonds. The van der Waals surface area contributed by atoms with Gasteiger partial charge in [0.05, 0.1) is 12.6 Å². The van der Waals surface area contributed by atoms with Crippen molar-refractivity contribution in [3.05, 3.63) is 11.7 Å². The Hall–Kier alpha value is -1.63. The number of nitrogens with zero attached hydrogens (tertiary/aromatic N) is 4. The second-order valence-corrected chi connectivity index (χ2v) is 5.59. The van der Waals surface area contributed by atoms with Crippen LogP contribution in [0.5, 0.6) is 0 Å². The number of amides is 2. The molecule has 19 heavy (non-hydrogen) atoms. The second kappa shape index (κ2) is 4.19. The van der Waals surface area contributed by atoms with Crippen molar-refractivity contribution < 1.29 is 9.32 Å². The molecular weight excluding hydrogens is 246 g/mol. The molecule has 0 aromatic carbocycles. The molecule has 4 rings (SSSR count). The number of aromatic nitrogens is 2. The van der Waals surface area contributed by atoms with Crippen molar-refractivity contribution in [2.24, 2.45) is 0 Å². The quantitative estimate of drug-likeness (QED) is 0.840. The third-order valence-corrected chi connectivity index (χ3v) is 4.10. The number of hydrogen-bond acceptors (Lipinski definition) is 5. The van der Waals surface area contributed by atoms with Gasteiger partial charge in [0, 0.05) is 32.1 Å². The number of fused-ring (bicyclic) bond motifs is 1. The summed E-state index contributed by atoms with van der Waals surface area (Å²) in [5.74, 6) is 2.10. The van der Waals surface area contributed by atoms with Crippen LogP contribution in [0.2, 0.25) is 0 Å². The zero-order chi connectivity index (χ0) is 12.8. The van der Waals surface area contributed by atoms with Crippen LogP contribution in [0.15, 0.2) is 4.52 Å². The molecule has 0 bridgehead atoms. The van der Waals surface area contributed by atoms with Gasteiger partial charge in [0.1, 0.15) is 0 Å². The lowest BCUT2D eigenvalue weighted by atomic mass is 10.2. The molecule has 3 aliphatic rings. The van der Waals surface area contributed by atoms with Crippen molar-refractivity contribution >= 4 is 6.03 Å². The average Bonchev–Trinajstić information content (AvgIpc) is 3.07. The summed E-state index contributed by atoms with van der Waals surface area (Å²) in [4.78, 5) is 20.2. The van der Waals surface area contributed by atoms with Crippen molar-refractivity contribution in [2.45, 2.75) is 31.3 Å². The maximum atomic E-state index is 11.5. The van der Waals surface area contributed by atoms with E-state index < -0.39 is 0 Å². The van der Waals surface area contributed by atoms with E-state index in [1.54, 1.807) is 0 Å². The number of carbonyl (C=O) groups is 1. The van der Waals surface area contributed by atoms with E-state index in [0.717, 1.165) is 32.0 Å². The summed E-state index contributed by atoms with van der Waals surface area (Å²) >= 11 is 0. The molecule has 1 aromatic heterocycles. The zero-order valence-corrected chi connectivity index (χ0v) is 10.7. The van der Waals surface area contributed by atoms with Gasteiger partial charge in [-0.15, -0.1) is 0 Å². The largest absolute Gasteiger partial charge is 0.338 e. The van der Waals surface area contributed by atoms with E-state index in [-0.39, 0.29) is 12.1 Å². The predicted octanol–water partition coefficient (Wildman–Crippen LogP) is 0.156. The first kappa shape index (κ1) is 11.2. The Bertz CT molecular complexity index is 498. The van der Waals surface area contributed by atoms with E-state index in [0.29, 0.717) is 18.4 Å². The third-order valence-electron chi connectivity index (χ3n) is 4.10. The van der Waals surface area contributed by atoms with Crippen LogP contribution in [0.4, 0.5) is 4.79 Å². The summed E-state index contributed by atoms with van der Waals surface area (Å²) in [7, 11) is 0. The van der Waals surface area contributed by atoms with Crippen LogP contribution in [0.25, 0.3) is 0 Å². The first-order valence-corrected chi connectivity index (χ1v) is 6.89. The van der Waals surface area contributed by atoms with E-state index in [9.17, 15) is 4.79 Å². The molecule has 3 fully saturated rings. The van der Waals surface area contributed by atoms with Gasteiger partial charge in [-0.25, -0.2) is 4.79 Å². The maximum Gasteiger partial charge on any atom is 0.317 e. The fourth-order valence-corrected chi connectivity index (χ4v) is 2.84. The molecule has 0 spiro atoms. The molecule has 3 heterocycles. The number of nitrogens with one attached hydrogen (secondary N) is 1. The van der Waals surface area contributed by atoms with Gasteiger partial charge in [-0.2, -0.15) is 4.98 Å². The molecule has 1 unspecified atom stereocenters. The smallest absolute Gasteiger partial charge is 0.317 e. The first-order valence-electron chi connectivity index (χ1n) is 6.89. The summed E-state index contributed by atoms with van der Waals surface area (Å²) in [6, 6.07) is 0.352. The van der Waals surface area contributed by atoms with Crippen LogP contribution in [-0.4, -0.2) is 58.2 Å². The van der Waals surface area contributed by atoms with E-state index in [1.165, 1.54) is 12.8 Å². The Kier molecular flexibility index (Phi) is 2.48. The molecular formula is C12H17N5O2. The highest BCUT2D eigenvalue weighted by atomic mass is 16.5. The maximum absolute atomic E-state index is 11.5. The van der Waals surface area contributed by atoms with E-state index in [1.807, 2.05) is 4.90 Å². The van der Waals surface area contributed by atoms with Crippen molar-refractivity contribution in [3.63, 3.8) is 0 Å². The van der Waals surface area contributed by atoms with Gasteiger partial charge in [-0.1, -0.05) is 5.16 Å². The van der Waals surface area contributed by atoms with Gasteiger partial charge in [0.15, 0.2) is 5.82 Å². The molecule has 1 aromatic rings. The number of carbonyl (C=O) groups excluding carboxylic acids is 1. The molecule has 0 radical (unpaired) electrons. The van der Waals surface area contributed by atoms with Crippen LogP contribution in [0.3, 0.4) is 0 Å². The summed E-state index contributed by atoms with van der Waals surface area (Å²) in [5.41, 5.74) is 0. The van der Waals surface area contributed by atoms with Gasteiger partial charge >= 0.3 is 6.03 Å². The normalized spacial score (nSPS) is 27.5. The van der Waals surface area contributed by atoms with Gasteiger partial charge in [-0.3, -0.25) is 4.90 Å². The van der Waals surface area contributed by atoms with Crippen LogP contribution >= 0.6 is 0 Å². The molecule has 7 heteroatoms. The fraction of sp³-hybridized carbons (Fsp3) is 0.750. The highest BCUT2D eigenvalue weighted by Gasteiger charge is 2.36. The summed E-state index contributed by atoms with van der Waals surface area (Å²) in [6.07, 6.45) is 2.38. The molecule has 1 N–H and O–H groups in total. The monoisotopic (exact) mass is 263 g/mol. The van der Waals surface area contributed by atoms with Crippen molar-refractivity contribution in [1.82, 2.24) is 25.3 Å². The molecule has 2 saturated heterocycles. The van der Waals surface area contributed by atoms with Crippen LogP contribution in [0, 0.1) is 0 Å². The lowest BCUT2D eigenvalue weighted by Gasteiger charge is -2.35. The topological polar surface area (TPSA) is 74.5 Å². The van der Waals surface area contributed by atoms with Gasteiger partial charge in [-0.05, 0) is 12.8 Å². The highest BCUT2D eigenvalue weighted by Crippen LogP contribution is 2.38. The Morgan fingerprint density at radius 1 is 1.37 bits per heavy atom. The Morgan fingerprint density at radius 2 is 2.26 bits per heavy atom. The molecule has 1 saturated carbocycles. The Balaban J connectivity index is 1.39. The van der Waals surface area contributed by atoms with E-state index in [2.05, 4.69) is 20.4 Å². The van der Waals surface area contributed by atoms with Gasteiger partial charge in [0.25, 0.3) is 0 Å². The number of piperazine rings is 1. The Labute approximate surface area is 110 Å². The zero-order valence-electron chi connectivity index (χ0n) is 10.7. The van der Waals surface area contributed by atoms with E-state index in [4.69, 9.17) is 4.52 Å². The van der Waals surface area contributed by atoms with E-state index >= 15 is 0 Å². The molecule has 1 atom stereocenters. The number of hydrogen-bond donors (Lipinski definition) is 1. The van der Waals surface area contributed by atoms with Crippen molar-refractivity contribution in [1.29, 1.82) is 0 Å².